The summed E-state index contributed by atoms with van der Waals surface area (Å²) in [5.74, 6) is -2.94. The standard InChI is InChI=1S/C15H19N2O3P.C14H24NO3P.C13H22NO3P.C13H13NO3.C11H14O2.3C9H10O2.C8H10O3S.2CH4/c1-12(2)20-21(18,19)15-7-5-14(6-8-15)17-11-13-4-3-9-16-10-13;1-4-5-10-18-19(16,17)14-8-6-13(7-9-14)15-11-12(2)3;1-4-5-10-17-18(15,16)13-8-6-12(7-9-13)14-11(2)3;15-13(16)8-10-3-5-11(6-4-10)14-9-12-2-1-7-17-12;1-3-10(11(12)13)9-6-4-8(2)5-7-9;1-7-2-4-8(5-3-7)6-9(10)11;1-7-3-2-4-8(5-7)6-9(10)11;1-2-7-3-5-8(6-4-7)9(10)11;1-6-3-4-8(5-7(6)2)12(9,10)11;;/h3-10,12,17H,11H2,1-2H3,(H,18,19);6-9,12,15H,4-5,10-11H2,1-3H3,(H,16,17);6-9,11,14H,4-5,10H2,1-3H3,(H,15,16);1-7,14H,8-9H2,(H,15,16);4-7,10H,3H2,1-2H3,(H,12,13);2*2-5H,6H2,1H3,(H,10,11);3-6H,2H2,1H3,(H,10,11);3-5H,1-2H3,(H,9,10,11);2*1H4. The quantitative estimate of drug-likeness (QED) is 0.00985. The molecular formula is C103H140N5O23P3S. The van der Waals surface area contributed by atoms with Crippen molar-refractivity contribution in [1.82, 2.24) is 4.98 Å². The summed E-state index contributed by atoms with van der Waals surface area (Å²) in [4.78, 5) is 85.7. The number of nitrogens with one attached hydrogen (secondary N) is 4. The van der Waals surface area contributed by atoms with E-state index in [-0.39, 0.29) is 51.0 Å². The lowest BCUT2D eigenvalue weighted by Crippen LogP contribution is -2.12. The summed E-state index contributed by atoms with van der Waals surface area (Å²) in [6.45, 7) is 32.1. The molecule has 0 saturated carbocycles. The van der Waals surface area contributed by atoms with Crippen LogP contribution < -0.4 is 37.2 Å². The molecule has 9 aromatic carbocycles. The predicted molar refractivity (Wildman–Crippen MR) is 542 cm³/mol. The molecule has 4 unspecified atom stereocenters. The van der Waals surface area contributed by atoms with Gasteiger partial charge in [0.1, 0.15) is 5.76 Å². The van der Waals surface area contributed by atoms with Crippen molar-refractivity contribution in [3.63, 3.8) is 0 Å². The Morgan fingerprint density at radius 2 is 0.904 bits per heavy atom. The van der Waals surface area contributed by atoms with Gasteiger partial charge in [0.25, 0.3) is 10.1 Å². The molecule has 0 fully saturated rings. The van der Waals surface area contributed by atoms with Crippen LogP contribution in [0.15, 0.2) is 265 Å². The third-order valence-corrected chi connectivity index (χ3v) is 24.2. The summed E-state index contributed by atoms with van der Waals surface area (Å²) in [5.41, 5.74) is 14.9. The maximum Gasteiger partial charge on any atom is 0.359 e. The number of rotatable bonds is 36. The Labute approximate surface area is 797 Å². The van der Waals surface area contributed by atoms with Gasteiger partial charge in [0.05, 0.1) is 83.7 Å². The summed E-state index contributed by atoms with van der Waals surface area (Å²) in [5, 5.41) is 56.9. The lowest BCUT2D eigenvalue weighted by molar-refractivity contribution is -0.139. The third-order valence-electron chi connectivity index (χ3n) is 18.7. The minimum Gasteiger partial charge on any atom is -0.481 e. The molecule has 32 heteroatoms. The van der Waals surface area contributed by atoms with Gasteiger partial charge in [-0.05, 0) is 266 Å². The number of aryl methyl sites for hydroxylation is 6. The van der Waals surface area contributed by atoms with E-state index < -0.39 is 62.8 Å². The van der Waals surface area contributed by atoms with Gasteiger partial charge in [0, 0.05) is 54.3 Å². The molecule has 4 atom stereocenters. The van der Waals surface area contributed by atoms with Crippen LogP contribution in [0.2, 0.25) is 0 Å². The molecule has 736 valence electrons. The molecule has 13 N–H and O–H groups in total. The predicted octanol–water partition coefficient (Wildman–Crippen LogP) is 22.6. The molecule has 28 nitrogen and oxygen atoms in total. The Morgan fingerprint density at radius 3 is 1.30 bits per heavy atom. The Hall–Kier alpha value is -11.7. The zero-order valence-electron chi connectivity index (χ0n) is 78.4. The lowest BCUT2D eigenvalue weighted by atomic mass is 9.96. The van der Waals surface area contributed by atoms with E-state index in [9.17, 15) is 60.8 Å². The number of pyridine rings is 1. The largest absolute Gasteiger partial charge is 0.481 e. The Balaban J connectivity index is 0.000000765. The molecule has 2 aromatic heterocycles. The van der Waals surface area contributed by atoms with Gasteiger partial charge in [-0.25, -0.2) is 4.79 Å². The Bertz CT molecular complexity index is 5500. The van der Waals surface area contributed by atoms with E-state index in [1.165, 1.54) is 12.1 Å². The van der Waals surface area contributed by atoms with Crippen LogP contribution in [0.25, 0.3) is 0 Å². The van der Waals surface area contributed by atoms with Crippen molar-refractivity contribution < 1.29 is 109 Å². The second-order valence-electron chi connectivity index (χ2n) is 31.6. The highest BCUT2D eigenvalue weighted by molar-refractivity contribution is 7.85. The fraction of sp³-hybridized carbons (Fsp3) is 0.340. The van der Waals surface area contributed by atoms with Gasteiger partial charge < -0.3 is 79.5 Å². The Kier molecular flexibility index (Phi) is 57.8. The smallest absolute Gasteiger partial charge is 0.359 e. The first-order chi connectivity index (χ1) is 62.8. The van der Waals surface area contributed by atoms with Crippen LogP contribution in [-0.4, -0.2) is 120 Å². The lowest BCUT2D eigenvalue weighted by Gasteiger charge is -2.15. The summed E-state index contributed by atoms with van der Waals surface area (Å²) in [6.07, 6.45) is 10.2. The number of hydrogen-bond donors (Lipinski definition) is 13. The van der Waals surface area contributed by atoms with Crippen molar-refractivity contribution in [1.29, 1.82) is 0 Å². The SMILES string of the molecule is C.C.CC(C)OP(=O)(O)c1ccc(NCc2cccnc2)cc1.CCC(C(=O)O)c1ccc(C)cc1.CCCCOP(=O)(O)c1ccc(NC(C)C)cc1.CCCCOP(=O)(O)c1ccc(NCC(C)C)cc1.CCc1ccc(C(=O)O)cc1.Cc1ccc(CC(=O)O)cc1.Cc1ccc(S(=O)(=O)O)cc1C.Cc1cccc(CC(=O)O)c1.O=C(O)Cc1ccc(NCc2ccco2)cc1. The molecule has 2 heterocycles. The molecule has 0 spiro atoms. The number of aliphatic carboxylic acids is 4. The minimum absolute atomic E-state index is 0. The highest BCUT2D eigenvalue weighted by Crippen LogP contribution is 2.43. The molecule has 0 aliphatic rings. The number of nitrogens with zero attached hydrogens (tertiary/aromatic N) is 1. The zero-order chi connectivity index (χ0) is 99.3. The van der Waals surface area contributed by atoms with E-state index >= 15 is 0 Å². The number of aromatic nitrogens is 1. The van der Waals surface area contributed by atoms with E-state index in [2.05, 4.69) is 40.1 Å². The molecule has 0 radical (unpaired) electrons. The number of carboxylic acids is 5. The van der Waals surface area contributed by atoms with Gasteiger partial charge in [0.2, 0.25) is 0 Å². The zero-order valence-corrected chi connectivity index (χ0v) is 81.9. The van der Waals surface area contributed by atoms with Crippen molar-refractivity contribution in [2.24, 2.45) is 5.92 Å². The summed E-state index contributed by atoms with van der Waals surface area (Å²) in [6, 6.07) is 69.9. The number of unbranched alkanes of at least 4 members (excludes halogenated alkanes) is 2. The first kappa shape index (κ1) is 121. The van der Waals surface area contributed by atoms with E-state index in [0.29, 0.717) is 66.2 Å². The molecule has 0 bridgehead atoms. The van der Waals surface area contributed by atoms with Crippen molar-refractivity contribution in [2.45, 2.75) is 213 Å². The van der Waals surface area contributed by atoms with Crippen LogP contribution >= 0.6 is 22.8 Å². The Morgan fingerprint density at radius 1 is 0.459 bits per heavy atom. The average molecular weight is 1940 g/mol. The highest BCUT2D eigenvalue weighted by Gasteiger charge is 2.26. The molecule has 0 aliphatic heterocycles. The van der Waals surface area contributed by atoms with E-state index in [1.807, 2.05) is 203 Å². The topological polar surface area (TPSA) is 455 Å². The van der Waals surface area contributed by atoms with Crippen molar-refractivity contribution >= 4 is 101 Å². The molecule has 0 amide bonds. The fourth-order valence-corrected chi connectivity index (χ4v) is 15.2. The van der Waals surface area contributed by atoms with Crippen molar-refractivity contribution in [3.8, 4) is 0 Å². The second kappa shape index (κ2) is 64.3. The molecular weight excluding hydrogens is 1800 g/mol. The number of furan rings is 1. The number of carboxylic acid groups (broad SMARTS) is 5. The molecule has 11 rings (SSSR count). The fourth-order valence-electron chi connectivity index (χ4n) is 11.3. The van der Waals surface area contributed by atoms with Crippen LogP contribution in [0.3, 0.4) is 0 Å². The molecule has 0 saturated heterocycles. The first-order valence-electron chi connectivity index (χ1n) is 43.5. The van der Waals surface area contributed by atoms with E-state index in [1.54, 1.807) is 130 Å². The van der Waals surface area contributed by atoms with Crippen LogP contribution in [0.5, 0.6) is 0 Å². The van der Waals surface area contributed by atoms with Crippen molar-refractivity contribution in [2.75, 3.05) is 41.0 Å². The van der Waals surface area contributed by atoms with Crippen LogP contribution in [-0.2, 0) is 95.3 Å². The van der Waals surface area contributed by atoms with Gasteiger partial charge in [-0.3, -0.25) is 42.4 Å². The maximum atomic E-state index is 12.0. The van der Waals surface area contributed by atoms with Gasteiger partial charge in [0.15, 0.2) is 0 Å². The number of hydrogen-bond acceptors (Lipinski definition) is 19. The average Bonchev–Trinajstić information content (AvgIpc) is 1.17. The molecule has 0 aliphatic carbocycles. The molecule has 135 heavy (non-hydrogen) atoms. The number of benzene rings is 9. The number of aromatic carboxylic acids is 1. The summed E-state index contributed by atoms with van der Waals surface area (Å²) >= 11 is 0. The second-order valence-corrected chi connectivity index (χ2v) is 38.4. The maximum absolute atomic E-state index is 12.0. The van der Waals surface area contributed by atoms with Gasteiger partial charge >= 0.3 is 52.6 Å². The van der Waals surface area contributed by atoms with E-state index in [4.69, 9.17) is 48.1 Å². The number of carbonyl (C=O) groups is 5. The number of anilines is 4. The normalized spacial score (nSPS) is 12.0. The van der Waals surface area contributed by atoms with Crippen LogP contribution in [0.1, 0.15) is 199 Å². The van der Waals surface area contributed by atoms with Gasteiger partial charge in [-0.15, -0.1) is 0 Å². The highest BCUT2D eigenvalue weighted by atomic mass is 32.2. The summed E-state index contributed by atoms with van der Waals surface area (Å²) < 4.78 is 86.3. The van der Waals surface area contributed by atoms with Gasteiger partial charge in [-0.1, -0.05) is 195 Å². The minimum atomic E-state index is -4.04. The third kappa shape index (κ3) is 52.1. The van der Waals surface area contributed by atoms with Crippen LogP contribution in [0, 0.1) is 40.5 Å². The van der Waals surface area contributed by atoms with Gasteiger partial charge in [-0.2, -0.15) is 8.42 Å². The molecule has 11 aromatic rings. The van der Waals surface area contributed by atoms with Crippen LogP contribution in [0.4, 0.5) is 22.7 Å². The first-order valence-corrected chi connectivity index (χ1v) is 49.6. The van der Waals surface area contributed by atoms with E-state index in [0.717, 1.165) is 128 Å². The summed E-state index contributed by atoms with van der Waals surface area (Å²) in [7, 11) is -15.1. The monoisotopic (exact) mass is 1940 g/mol. The van der Waals surface area contributed by atoms with Crippen molar-refractivity contribution in [3.05, 3.63) is 328 Å².